The lowest BCUT2D eigenvalue weighted by Crippen LogP contribution is -2.34. The van der Waals surface area contributed by atoms with Crippen LogP contribution < -0.4 is 5.32 Å². The molecular formula is C16H24N2O. The van der Waals surface area contributed by atoms with Crippen molar-refractivity contribution in [3.8, 4) is 0 Å². The number of carbonyl (C=O) groups excluding carboxylic acids is 1. The smallest absolute Gasteiger partial charge is 0.241 e. The average Bonchev–Trinajstić information content (AvgIpc) is 2.76. The van der Waals surface area contributed by atoms with E-state index in [1.807, 2.05) is 11.8 Å². The van der Waals surface area contributed by atoms with Gasteiger partial charge in [-0.3, -0.25) is 10.1 Å². The van der Waals surface area contributed by atoms with Gasteiger partial charge in [0.25, 0.3) is 0 Å². The summed E-state index contributed by atoms with van der Waals surface area (Å²) in [6, 6.07) is 8.51. The molecule has 1 heterocycles. The van der Waals surface area contributed by atoms with Crippen LogP contribution in [0.25, 0.3) is 0 Å². The summed E-state index contributed by atoms with van der Waals surface area (Å²) in [4.78, 5) is 14.3. The zero-order chi connectivity index (χ0) is 14.0. The zero-order valence-corrected chi connectivity index (χ0v) is 12.3. The molecule has 1 N–H and O–H groups in total. The van der Waals surface area contributed by atoms with E-state index in [9.17, 15) is 4.79 Å². The molecule has 1 saturated heterocycles. The van der Waals surface area contributed by atoms with Crippen molar-refractivity contribution in [2.45, 2.75) is 46.3 Å². The minimum atomic E-state index is -0.0594. The highest BCUT2D eigenvalue weighted by Crippen LogP contribution is 2.27. The molecule has 1 aliphatic rings. The Morgan fingerprint density at radius 3 is 2.32 bits per heavy atom. The van der Waals surface area contributed by atoms with Crippen LogP contribution in [0.4, 0.5) is 0 Å². The second-order valence-corrected chi connectivity index (χ2v) is 5.51. The van der Waals surface area contributed by atoms with Gasteiger partial charge in [-0.15, -0.1) is 0 Å². The quantitative estimate of drug-likeness (QED) is 0.903. The first kappa shape index (κ1) is 14.1. The Morgan fingerprint density at radius 2 is 1.84 bits per heavy atom. The molecule has 1 aliphatic heterocycles. The highest BCUT2D eigenvalue weighted by atomic mass is 16.2. The SMILES string of the molecule is CCc1ccc(C2NC(C(C)C)C(=O)N2CC)cc1. The largest absolute Gasteiger partial charge is 0.322 e. The summed E-state index contributed by atoms with van der Waals surface area (Å²) in [5.41, 5.74) is 2.51. The fourth-order valence-electron chi connectivity index (χ4n) is 2.67. The van der Waals surface area contributed by atoms with Crippen LogP contribution >= 0.6 is 0 Å². The summed E-state index contributed by atoms with van der Waals surface area (Å²) in [6.07, 6.45) is 1.07. The van der Waals surface area contributed by atoms with Gasteiger partial charge in [-0.25, -0.2) is 0 Å². The lowest BCUT2D eigenvalue weighted by Gasteiger charge is -2.23. The topological polar surface area (TPSA) is 32.3 Å². The third-order valence-electron chi connectivity index (χ3n) is 3.91. The second kappa shape index (κ2) is 5.74. The predicted molar refractivity (Wildman–Crippen MR) is 77.7 cm³/mol. The van der Waals surface area contributed by atoms with Crippen molar-refractivity contribution < 1.29 is 4.79 Å². The number of amides is 1. The Kier molecular flexibility index (Phi) is 4.25. The van der Waals surface area contributed by atoms with Crippen LogP contribution in [0.15, 0.2) is 24.3 Å². The fourth-order valence-corrected chi connectivity index (χ4v) is 2.67. The number of carbonyl (C=O) groups is 1. The fraction of sp³-hybridized carbons (Fsp3) is 0.562. The lowest BCUT2D eigenvalue weighted by atomic mass is 10.0. The van der Waals surface area contributed by atoms with E-state index in [0.29, 0.717) is 5.92 Å². The molecule has 1 aromatic carbocycles. The van der Waals surface area contributed by atoms with E-state index in [0.717, 1.165) is 13.0 Å². The van der Waals surface area contributed by atoms with Crippen LogP contribution in [0.1, 0.15) is 45.0 Å². The van der Waals surface area contributed by atoms with E-state index in [-0.39, 0.29) is 18.1 Å². The highest BCUT2D eigenvalue weighted by Gasteiger charge is 2.39. The van der Waals surface area contributed by atoms with Gasteiger partial charge in [0.1, 0.15) is 6.17 Å². The molecule has 0 radical (unpaired) electrons. The Balaban J connectivity index is 2.24. The molecule has 1 aromatic rings. The van der Waals surface area contributed by atoms with Crippen molar-refractivity contribution >= 4 is 5.91 Å². The summed E-state index contributed by atoms with van der Waals surface area (Å²) in [7, 11) is 0. The standard InChI is InChI=1S/C16H24N2O/c1-5-12-7-9-13(10-8-12)15-17-14(11(3)4)16(19)18(15)6-2/h7-11,14-15,17H,5-6H2,1-4H3. The van der Waals surface area contributed by atoms with E-state index in [2.05, 4.69) is 50.4 Å². The monoisotopic (exact) mass is 260 g/mol. The van der Waals surface area contributed by atoms with Crippen molar-refractivity contribution in [1.82, 2.24) is 10.2 Å². The summed E-state index contributed by atoms with van der Waals surface area (Å²) in [5.74, 6) is 0.545. The van der Waals surface area contributed by atoms with Gasteiger partial charge in [-0.1, -0.05) is 45.0 Å². The van der Waals surface area contributed by atoms with Gasteiger partial charge in [0.05, 0.1) is 6.04 Å². The Labute approximate surface area is 116 Å². The number of nitrogens with one attached hydrogen (secondary N) is 1. The molecule has 2 rings (SSSR count). The van der Waals surface area contributed by atoms with Crippen LogP contribution in [0.2, 0.25) is 0 Å². The number of rotatable bonds is 4. The van der Waals surface area contributed by atoms with Crippen LogP contribution in [0.5, 0.6) is 0 Å². The third-order valence-corrected chi connectivity index (χ3v) is 3.91. The molecule has 0 aromatic heterocycles. The summed E-state index contributed by atoms with van der Waals surface area (Å²) >= 11 is 0. The third kappa shape index (κ3) is 2.66. The van der Waals surface area contributed by atoms with Crippen molar-refractivity contribution in [2.75, 3.05) is 6.54 Å². The Bertz CT molecular complexity index is 439. The van der Waals surface area contributed by atoms with Crippen LogP contribution in [-0.2, 0) is 11.2 Å². The predicted octanol–water partition coefficient (Wildman–Crippen LogP) is 2.72. The minimum absolute atomic E-state index is 0.0239. The van der Waals surface area contributed by atoms with E-state index < -0.39 is 0 Å². The summed E-state index contributed by atoms with van der Waals surface area (Å²) in [6.45, 7) is 9.11. The summed E-state index contributed by atoms with van der Waals surface area (Å²) in [5, 5.41) is 3.47. The van der Waals surface area contributed by atoms with Gasteiger partial charge >= 0.3 is 0 Å². The van der Waals surface area contributed by atoms with E-state index in [1.54, 1.807) is 0 Å². The number of nitrogens with zero attached hydrogens (tertiary/aromatic N) is 1. The number of likely N-dealkylation sites (N-methyl/N-ethyl adjacent to an activating group) is 1. The van der Waals surface area contributed by atoms with Gasteiger partial charge in [-0.2, -0.15) is 0 Å². The number of hydrogen-bond acceptors (Lipinski definition) is 2. The van der Waals surface area contributed by atoms with Crippen LogP contribution in [0.3, 0.4) is 0 Å². The number of benzene rings is 1. The summed E-state index contributed by atoms with van der Waals surface area (Å²) < 4.78 is 0. The molecular weight excluding hydrogens is 236 g/mol. The molecule has 0 bridgehead atoms. The molecule has 2 unspecified atom stereocenters. The van der Waals surface area contributed by atoms with Crippen LogP contribution in [-0.4, -0.2) is 23.4 Å². The lowest BCUT2D eigenvalue weighted by molar-refractivity contribution is -0.130. The maximum Gasteiger partial charge on any atom is 0.241 e. The Morgan fingerprint density at radius 1 is 1.21 bits per heavy atom. The number of hydrogen-bond donors (Lipinski definition) is 1. The van der Waals surface area contributed by atoms with E-state index in [1.165, 1.54) is 11.1 Å². The van der Waals surface area contributed by atoms with Crippen LogP contribution in [0, 0.1) is 5.92 Å². The molecule has 2 atom stereocenters. The molecule has 0 spiro atoms. The molecule has 1 amide bonds. The van der Waals surface area contributed by atoms with E-state index in [4.69, 9.17) is 0 Å². The molecule has 0 saturated carbocycles. The average molecular weight is 260 g/mol. The van der Waals surface area contributed by atoms with Crippen molar-refractivity contribution in [3.63, 3.8) is 0 Å². The maximum absolute atomic E-state index is 12.3. The molecule has 19 heavy (non-hydrogen) atoms. The highest BCUT2D eigenvalue weighted by molar-refractivity contribution is 5.84. The molecule has 0 aliphatic carbocycles. The minimum Gasteiger partial charge on any atom is -0.322 e. The molecule has 1 fully saturated rings. The van der Waals surface area contributed by atoms with Gasteiger partial charge in [0, 0.05) is 6.54 Å². The first-order valence-electron chi connectivity index (χ1n) is 7.23. The van der Waals surface area contributed by atoms with E-state index >= 15 is 0 Å². The first-order chi connectivity index (χ1) is 9.08. The molecule has 3 heteroatoms. The molecule has 3 nitrogen and oxygen atoms in total. The van der Waals surface area contributed by atoms with Crippen molar-refractivity contribution in [2.24, 2.45) is 5.92 Å². The maximum atomic E-state index is 12.3. The number of aryl methyl sites for hydroxylation is 1. The Hall–Kier alpha value is -1.35. The second-order valence-electron chi connectivity index (χ2n) is 5.51. The van der Waals surface area contributed by atoms with Gasteiger partial charge in [0.2, 0.25) is 5.91 Å². The normalized spacial score (nSPS) is 23.4. The molecule has 104 valence electrons. The van der Waals surface area contributed by atoms with Gasteiger partial charge in [0.15, 0.2) is 0 Å². The first-order valence-corrected chi connectivity index (χ1v) is 7.23. The van der Waals surface area contributed by atoms with Crippen molar-refractivity contribution in [1.29, 1.82) is 0 Å². The van der Waals surface area contributed by atoms with Crippen molar-refractivity contribution in [3.05, 3.63) is 35.4 Å². The van der Waals surface area contributed by atoms with Gasteiger partial charge in [-0.05, 0) is 30.4 Å². The zero-order valence-electron chi connectivity index (χ0n) is 12.3. The van der Waals surface area contributed by atoms with Gasteiger partial charge < -0.3 is 4.90 Å².